The number of hydrogen-bond acceptors (Lipinski definition) is 3. The number of benzene rings is 1. The van der Waals surface area contributed by atoms with Gasteiger partial charge in [-0.2, -0.15) is 5.10 Å². The summed E-state index contributed by atoms with van der Waals surface area (Å²) in [7, 11) is 0. The summed E-state index contributed by atoms with van der Waals surface area (Å²) in [5, 5.41) is 19.3. The Morgan fingerprint density at radius 2 is 1.92 bits per heavy atom. The number of H-pyrrole nitrogens is 1. The smallest absolute Gasteiger partial charge is 0.316 e. The van der Waals surface area contributed by atoms with Crippen molar-refractivity contribution in [3.8, 4) is 11.3 Å². The van der Waals surface area contributed by atoms with Crippen LogP contribution in [0.5, 0.6) is 0 Å². The van der Waals surface area contributed by atoms with E-state index in [0.717, 1.165) is 48.9 Å². The quantitative estimate of drug-likeness (QED) is 0.704. The van der Waals surface area contributed by atoms with Gasteiger partial charge >= 0.3 is 5.97 Å². The van der Waals surface area contributed by atoms with Crippen LogP contribution in [-0.4, -0.2) is 27.2 Å². The number of carboxylic acids is 1. The minimum Gasteiger partial charge on any atom is -0.481 e. The van der Waals surface area contributed by atoms with Crippen LogP contribution >= 0.6 is 0 Å². The first-order chi connectivity index (χ1) is 12.2. The van der Waals surface area contributed by atoms with Crippen LogP contribution < -0.4 is 5.32 Å². The fourth-order valence-corrected chi connectivity index (χ4v) is 3.59. The van der Waals surface area contributed by atoms with Crippen molar-refractivity contribution in [1.82, 2.24) is 15.5 Å². The van der Waals surface area contributed by atoms with Crippen molar-refractivity contribution in [3.63, 3.8) is 0 Å². The van der Waals surface area contributed by atoms with Gasteiger partial charge in [-0.3, -0.25) is 14.7 Å². The van der Waals surface area contributed by atoms with Gasteiger partial charge in [0, 0.05) is 12.1 Å². The first-order valence-corrected chi connectivity index (χ1v) is 8.75. The van der Waals surface area contributed by atoms with Crippen LogP contribution in [0.1, 0.15) is 37.7 Å². The molecule has 1 aliphatic carbocycles. The molecule has 1 amide bonds. The highest BCUT2D eigenvalue weighted by atomic mass is 16.4. The number of hydrogen-bond donors (Lipinski definition) is 3. The molecule has 0 unspecified atom stereocenters. The van der Waals surface area contributed by atoms with Crippen molar-refractivity contribution in [2.45, 2.75) is 38.6 Å². The van der Waals surface area contributed by atoms with Gasteiger partial charge in [0.2, 0.25) is 5.91 Å². The maximum atomic E-state index is 12.5. The van der Waals surface area contributed by atoms with Crippen LogP contribution in [0.15, 0.2) is 36.5 Å². The number of carbonyl (C=O) groups is 2. The Labute approximate surface area is 146 Å². The maximum Gasteiger partial charge on any atom is 0.316 e. The van der Waals surface area contributed by atoms with Crippen molar-refractivity contribution in [1.29, 1.82) is 0 Å². The van der Waals surface area contributed by atoms with Crippen molar-refractivity contribution >= 4 is 11.9 Å². The van der Waals surface area contributed by atoms with E-state index < -0.39 is 17.8 Å². The van der Waals surface area contributed by atoms with E-state index in [1.54, 1.807) is 6.20 Å². The Morgan fingerprint density at radius 3 is 2.60 bits per heavy atom. The molecule has 1 fully saturated rings. The van der Waals surface area contributed by atoms with Crippen LogP contribution in [0.3, 0.4) is 0 Å². The third-order valence-electron chi connectivity index (χ3n) is 4.90. The van der Waals surface area contributed by atoms with Crippen molar-refractivity contribution < 1.29 is 14.7 Å². The average Bonchev–Trinajstić information content (AvgIpc) is 3.10. The van der Waals surface area contributed by atoms with Crippen LogP contribution in [0.2, 0.25) is 0 Å². The highest BCUT2D eigenvalue weighted by Crippen LogP contribution is 2.30. The monoisotopic (exact) mass is 341 g/mol. The fourth-order valence-electron chi connectivity index (χ4n) is 3.59. The molecule has 0 radical (unpaired) electrons. The molecule has 3 rings (SSSR count). The summed E-state index contributed by atoms with van der Waals surface area (Å²) in [5.41, 5.74) is 2.66. The van der Waals surface area contributed by atoms with E-state index >= 15 is 0 Å². The van der Waals surface area contributed by atoms with Gasteiger partial charge in [-0.05, 0) is 24.3 Å². The summed E-state index contributed by atoms with van der Waals surface area (Å²) in [6.07, 6.45) is 6.42. The second-order valence-electron chi connectivity index (χ2n) is 6.57. The van der Waals surface area contributed by atoms with E-state index in [1.807, 2.05) is 30.3 Å². The second-order valence-corrected chi connectivity index (χ2v) is 6.57. The Balaban J connectivity index is 1.67. The number of amides is 1. The molecular weight excluding hydrogens is 318 g/mol. The molecule has 0 bridgehead atoms. The van der Waals surface area contributed by atoms with Gasteiger partial charge in [-0.25, -0.2) is 0 Å². The molecule has 1 atom stereocenters. The number of nitrogens with zero attached hydrogens (tertiary/aromatic N) is 1. The van der Waals surface area contributed by atoms with Crippen LogP contribution in [-0.2, 0) is 16.1 Å². The van der Waals surface area contributed by atoms with Gasteiger partial charge < -0.3 is 10.4 Å². The molecule has 0 saturated heterocycles. The molecule has 0 aliphatic heterocycles. The summed E-state index contributed by atoms with van der Waals surface area (Å²) in [4.78, 5) is 24.1. The molecule has 6 nitrogen and oxygen atoms in total. The summed E-state index contributed by atoms with van der Waals surface area (Å²) in [6.45, 7) is 0.260. The average molecular weight is 341 g/mol. The Bertz CT molecular complexity index is 721. The topological polar surface area (TPSA) is 95.1 Å². The molecule has 2 aromatic rings. The summed E-state index contributed by atoms with van der Waals surface area (Å²) in [6, 6.07) is 9.72. The van der Waals surface area contributed by atoms with E-state index in [-0.39, 0.29) is 12.5 Å². The Kier molecular flexibility index (Phi) is 5.48. The predicted molar refractivity (Wildman–Crippen MR) is 93.6 cm³/mol. The first-order valence-electron chi connectivity index (χ1n) is 8.75. The van der Waals surface area contributed by atoms with Gasteiger partial charge in [-0.1, -0.05) is 49.6 Å². The van der Waals surface area contributed by atoms with E-state index in [0.29, 0.717) is 0 Å². The Hall–Kier alpha value is -2.63. The fraction of sp³-hybridized carbons (Fsp3) is 0.421. The minimum absolute atomic E-state index is 0.0656. The zero-order valence-corrected chi connectivity index (χ0v) is 14.1. The maximum absolute atomic E-state index is 12.5. The highest BCUT2D eigenvalue weighted by Gasteiger charge is 2.35. The number of aromatic nitrogens is 2. The molecule has 132 valence electrons. The zero-order valence-electron chi connectivity index (χ0n) is 14.1. The third-order valence-corrected chi connectivity index (χ3v) is 4.90. The highest BCUT2D eigenvalue weighted by molar-refractivity contribution is 5.97. The van der Waals surface area contributed by atoms with Crippen molar-refractivity contribution in [2.24, 2.45) is 11.8 Å². The molecule has 1 aromatic carbocycles. The molecule has 6 heteroatoms. The lowest BCUT2D eigenvalue weighted by Crippen LogP contribution is -2.40. The van der Waals surface area contributed by atoms with Gasteiger partial charge in [0.15, 0.2) is 0 Å². The summed E-state index contributed by atoms with van der Waals surface area (Å²) >= 11 is 0. The molecule has 0 spiro atoms. The van der Waals surface area contributed by atoms with Gasteiger partial charge in [0.05, 0.1) is 11.9 Å². The largest absolute Gasteiger partial charge is 0.481 e. The molecular formula is C19H23N3O3. The van der Waals surface area contributed by atoms with E-state index in [4.69, 9.17) is 0 Å². The van der Waals surface area contributed by atoms with Crippen LogP contribution in [0.25, 0.3) is 11.3 Å². The van der Waals surface area contributed by atoms with Gasteiger partial charge in [-0.15, -0.1) is 0 Å². The normalized spacial score (nSPS) is 16.3. The van der Waals surface area contributed by atoms with Crippen molar-refractivity contribution in [2.75, 3.05) is 0 Å². The number of rotatable bonds is 6. The predicted octanol–water partition coefficient (Wildman–Crippen LogP) is 2.97. The van der Waals surface area contributed by atoms with Crippen LogP contribution in [0.4, 0.5) is 0 Å². The lowest BCUT2D eigenvalue weighted by molar-refractivity contribution is -0.150. The molecule has 3 N–H and O–H groups in total. The Morgan fingerprint density at radius 1 is 1.20 bits per heavy atom. The standard InChI is InChI=1S/C19H23N3O3/c23-18(16(19(24)25)13-7-3-1-4-8-13)20-11-15-12-21-22-17(15)14-9-5-2-6-10-14/h2,5-6,9-10,12-13,16H,1,3-4,7-8,11H2,(H,20,23)(H,21,22)(H,24,25)/t16-/m1/s1. The zero-order chi connectivity index (χ0) is 17.6. The number of nitrogens with one attached hydrogen (secondary N) is 2. The van der Waals surface area contributed by atoms with E-state index in [1.165, 1.54) is 0 Å². The van der Waals surface area contributed by atoms with Crippen LogP contribution in [0, 0.1) is 11.8 Å². The SMILES string of the molecule is O=C(O)[C@@H](C(=O)NCc1cn[nH]c1-c1ccccc1)C1CCCCC1. The molecule has 25 heavy (non-hydrogen) atoms. The molecule has 1 aliphatic rings. The lowest BCUT2D eigenvalue weighted by Gasteiger charge is -2.26. The summed E-state index contributed by atoms with van der Waals surface area (Å²) in [5.74, 6) is -2.46. The van der Waals surface area contributed by atoms with Gasteiger partial charge in [0.25, 0.3) is 0 Å². The number of carbonyl (C=O) groups excluding carboxylic acids is 1. The second kappa shape index (κ2) is 7.96. The first kappa shape index (κ1) is 17.2. The van der Waals surface area contributed by atoms with E-state index in [2.05, 4.69) is 15.5 Å². The number of aliphatic carboxylic acids is 1. The van der Waals surface area contributed by atoms with Gasteiger partial charge in [0.1, 0.15) is 5.92 Å². The number of carboxylic acid groups (broad SMARTS) is 1. The lowest BCUT2D eigenvalue weighted by atomic mass is 9.79. The number of aromatic amines is 1. The molecule has 1 saturated carbocycles. The van der Waals surface area contributed by atoms with Crippen molar-refractivity contribution in [3.05, 3.63) is 42.1 Å². The third kappa shape index (κ3) is 4.07. The molecule has 1 heterocycles. The summed E-state index contributed by atoms with van der Waals surface area (Å²) < 4.78 is 0. The minimum atomic E-state index is -1.03. The molecule has 1 aromatic heterocycles. The van der Waals surface area contributed by atoms with E-state index in [9.17, 15) is 14.7 Å².